The maximum absolute atomic E-state index is 4.71. The van der Waals surface area contributed by atoms with Crippen molar-refractivity contribution in [3.63, 3.8) is 0 Å². The van der Waals surface area contributed by atoms with E-state index in [0.29, 0.717) is 0 Å². The Balaban J connectivity index is 1.62. The highest BCUT2D eigenvalue weighted by molar-refractivity contribution is 5.76. The number of rotatable bonds is 5. The molecule has 33 heavy (non-hydrogen) atoms. The van der Waals surface area contributed by atoms with Gasteiger partial charge in [-0.3, -0.25) is 5.10 Å². The highest BCUT2D eigenvalue weighted by Gasteiger charge is 2.36. The number of hydrogen-bond acceptors (Lipinski definition) is 3. The van der Waals surface area contributed by atoms with E-state index >= 15 is 0 Å². The molecule has 4 nitrogen and oxygen atoms in total. The van der Waals surface area contributed by atoms with E-state index in [9.17, 15) is 0 Å². The van der Waals surface area contributed by atoms with E-state index in [0.717, 1.165) is 17.7 Å². The third-order valence-electron chi connectivity index (χ3n) is 6.72. The van der Waals surface area contributed by atoms with Gasteiger partial charge in [0.05, 0.1) is 5.69 Å². The number of nitrogens with zero attached hydrogens (tertiary/aromatic N) is 3. The fraction of sp³-hybridized carbons (Fsp3) is 0.207. The van der Waals surface area contributed by atoms with Crippen LogP contribution >= 0.6 is 0 Å². The second kappa shape index (κ2) is 8.28. The first kappa shape index (κ1) is 21.1. The van der Waals surface area contributed by atoms with Crippen molar-refractivity contribution in [3.8, 4) is 11.3 Å². The molecule has 0 aliphatic heterocycles. The van der Waals surface area contributed by atoms with Gasteiger partial charge in [-0.25, -0.2) is 0 Å². The van der Waals surface area contributed by atoms with Crippen molar-refractivity contribution < 1.29 is 0 Å². The number of aromatic nitrogens is 2. The van der Waals surface area contributed by atoms with Crippen LogP contribution in [0, 0.1) is 0 Å². The van der Waals surface area contributed by atoms with Crippen LogP contribution in [-0.2, 0) is 11.8 Å². The van der Waals surface area contributed by atoms with Crippen LogP contribution in [0.4, 0.5) is 11.4 Å². The topological polar surface area (TPSA) is 35.2 Å². The van der Waals surface area contributed by atoms with Gasteiger partial charge in [-0.05, 0) is 35.4 Å². The second-order valence-electron chi connectivity index (χ2n) is 9.19. The van der Waals surface area contributed by atoms with Crippen molar-refractivity contribution in [2.45, 2.75) is 11.8 Å². The normalized spacial score (nSPS) is 14.1. The molecule has 0 atom stereocenters. The maximum Gasteiger partial charge on any atom is 0.0995 e. The lowest BCUT2D eigenvalue weighted by Gasteiger charge is -2.35. The Hall–Kier alpha value is -3.79. The predicted octanol–water partition coefficient (Wildman–Crippen LogP) is 5.76. The standard InChI is InChI=1S/C29H30N4/c1-32(2)24-14-10-22(11-15-24)29(23-12-16-25(17-13-23)33(3)4)19-18-26-27(20-29)30-31-28(26)21-8-6-5-7-9-21/h5-19H,20H2,1-4H3,(H,30,31). The summed E-state index contributed by atoms with van der Waals surface area (Å²) in [5, 5.41) is 8.07. The minimum absolute atomic E-state index is 0.261. The van der Waals surface area contributed by atoms with Gasteiger partial charge in [-0.2, -0.15) is 5.10 Å². The smallest absolute Gasteiger partial charge is 0.0995 e. The zero-order valence-corrected chi connectivity index (χ0v) is 19.7. The van der Waals surface area contributed by atoms with Gasteiger partial charge in [0, 0.05) is 68.2 Å². The van der Waals surface area contributed by atoms with Crippen molar-refractivity contribution in [3.05, 3.63) is 107 Å². The molecule has 5 rings (SSSR count). The SMILES string of the molecule is CN(C)c1ccc(C2(c3ccc(N(C)C)cc3)C=Cc3c(-c4ccccc4)n[nH]c3C2)cc1. The summed E-state index contributed by atoms with van der Waals surface area (Å²) < 4.78 is 0. The van der Waals surface area contributed by atoms with Crippen molar-refractivity contribution in [2.75, 3.05) is 38.0 Å². The van der Waals surface area contributed by atoms with Crippen LogP contribution in [0.3, 0.4) is 0 Å². The Kier molecular flexibility index (Phi) is 5.29. The summed E-state index contributed by atoms with van der Waals surface area (Å²) in [5.41, 5.74) is 9.21. The highest BCUT2D eigenvalue weighted by atomic mass is 15.1. The summed E-state index contributed by atoms with van der Waals surface area (Å²) in [7, 11) is 8.31. The van der Waals surface area contributed by atoms with Gasteiger partial charge in [0.25, 0.3) is 0 Å². The molecule has 1 heterocycles. The summed E-state index contributed by atoms with van der Waals surface area (Å²) in [5.74, 6) is 0. The number of anilines is 2. The molecule has 0 bridgehead atoms. The van der Waals surface area contributed by atoms with Gasteiger partial charge in [0.2, 0.25) is 0 Å². The van der Waals surface area contributed by atoms with Gasteiger partial charge < -0.3 is 9.80 Å². The molecule has 0 fully saturated rings. The van der Waals surface area contributed by atoms with Crippen LogP contribution in [0.1, 0.15) is 22.4 Å². The first-order valence-corrected chi connectivity index (χ1v) is 11.4. The Morgan fingerprint density at radius 3 is 1.79 bits per heavy atom. The molecule has 0 spiro atoms. The third-order valence-corrected chi connectivity index (χ3v) is 6.72. The van der Waals surface area contributed by atoms with E-state index in [1.807, 2.05) is 6.07 Å². The van der Waals surface area contributed by atoms with E-state index < -0.39 is 0 Å². The average molecular weight is 435 g/mol. The summed E-state index contributed by atoms with van der Waals surface area (Å²) >= 11 is 0. The minimum Gasteiger partial charge on any atom is -0.378 e. The lowest BCUT2D eigenvalue weighted by Crippen LogP contribution is -2.30. The van der Waals surface area contributed by atoms with Crippen molar-refractivity contribution in [2.24, 2.45) is 0 Å². The number of benzene rings is 3. The average Bonchev–Trinajstić information content (AvgIpc) is 3.27. The molecule has 0 unspecified atom stereocenters. The molecule has 4 heteroatoms. The van der Waals surface area contributed by atoms with Gasteiger partial charge in [-0.15, -0.1) is 0 Å². The fourth-order valence-electron chi connectivity index (χ4n) is 4.76. The first-order valence-electron chi connectivity index (χ1n) is 11.4. The lowest BCUT2D eigenvalue weighted by molar-refractivity contribution is 0.620. The van der Waals surface area contributed by atoms with E-state index in [4.69, 9.17) is 5.10 Å². The zero-order valence-electron chi connectivity index (χ0n) is 19.7. The zero-order chi connectivity index (χ0) is 23.0. The number of H-pyrrole nitrogens is 1. The summed E-state index contributed by atoms with van der Waals surface area (Å²) in [6.45, 7) is 0. The predicted molar refractivity (Wildman–Crippen MR) is 139 cm³/mol. The molecule has 0 amide bonds. The van der Waals surface area contributed by atoms with Crippen molar-refractivity contribution in [1.29, 1.82) is 0 Å². The Labute approximate surface area is 196 Å². The van der Waals surface area contributed by atoms with Crippen LogP contribution in [-0.4, -0.2) is 38.4 Å². The van der Waals surface area contributed by atoms with E-state index in [1.165, 1.54) is 33.8 Å². The molecule has 1 N–H and O–H groups in total. The number of allylic oxidation sites excluding steroid dienone is 1. The summed E-state index contributed by atoms with van der Waals surface area (Å²) in [4.78, 5) is 4.27. The number of hydrogen-bond donors (Lipinski definition) is 1. The quantitative estimate of drug-likeness (QED) is 0.433. The van der Waals surface area contributed by atoms with Crippen LogP contribution in [0.25, 0.3) is 17.3 Å². The highest BCUT2D eigenvalue weighted by Crippen LogP contribution is 2.43. The van der Waals surface area contributed by atoms with Gasteiger partial charge in [0.1, 0.15) is 0 Å². The van der Waals surface area contributed by atoms with Crippen LogP contribution in [0.15, 0.2) is 84.9 Å². The van der Waals surface area contributed by atoms with Crippen LogP contribution in [0.5, 0.6) is 0 Å². The van der Waals surface area contributed by atoms with E-state index in [2.05, 4.69) is 128 Å². The molecule has 1 aromatic heterocycles. The fourth-order valence-corrected chi connectivity index (χ4v) is 4.76. The largest absolute Gasteiger partial charge is 0.378 e. The molecule has 166 valence electrons. The number of fused-ring (bicyclic) bond motifs is 1. The number of nitrogens with one attached hydrogen (secondary N) is 1. The third kappa shape index (κ3) is 3.72. The van der Waals surface area contributed by atoms with E-state index in [1.54, 1.807) is 0 Å². The van der Waals surface area contributed by atoms with Gasteiger partial charge in [0.15, 0.2) is 0 Å². The Morgan fingerprint density at radius 1 is 0.727 bits per heavy atom. The van der Waals surface area contributed by atoms with Crippen LogP contribution < -0.4 is 9.80 Å². The second-order valence-corrected chi connectivity index (χ2v) is 9.19. The molecule has 0 saturated carbocycles. The first-order chi connectivity index (χ1) is 16.0. The molecular weight excluding hydrogens is 404 g/mol. The summed E-state index contributed by atoms with van der Waals surface area (Å²) in [6, 6.07) is 28.3. The molecule has 1 aliphatic rings. The molecule has 1 aliphatic carbocycles. The Morgan fingerprint density at radius 2 is 1.27 bits per heavy atom. The molecule has 3 aromatic carbocycles. The summed E-state index contributed by atoms with van der Waals surface area (Å²) in [6.07, 6.45) is 5.46. The van der Waals surface area contributed by atoms with Crippen molar-refractivity contribution in [1.82, 2.24) is 10.2 Å². The molecular formula is C29H30N4. The minimum atomic E-state index is -0.261. The molecule has 0 saturated heterocycles. The monoisotopic (exact) mass is 434 g/mol. The lowest BCUT2D eigenvalue weighted by atomic mass is 9.68. The maximum atomic E-state index is 4.71. The van der Waals surface area contributed by atoms with Gasteiger partial charge in [-0.1, -0.05) is 66.7 Å². The number of aromatic amines is 1. The molecule has 4 aromatic rings. The Bertz CT molecular complexity index is 1210. The van der Waals surface area contributed by atoms with Crippen LogP contribution in [0.2, 0.25) is 0 Å². The van der Waals surface area contributed by atoms with Crippen molar-refractivity contribution >= 4 is 17.5 Å². The molecule has 0 radical (unpaired) electrons. The van der Waals surface area contributed by atoms with Gasteiger partial charge >= 0.3 is 0 Å². The van der Waals surface area contributed by atoms with E-state index in [-0.39, 0.29) is 5.41 Å².